The molecule has 0 aliphatic carbocycles. The quantitative estimate of drug-likeness (QED) is 0.661. The van der Waals surface area contributed by atoms with E-state index in [1.54, 1.807) is 24.3 Å². The Labute approximate surface area is 65.5 Å². The first-order chi connectivity index (χ1) is 5.36. The Morgan fingerprint density at radius 2 is 2.00 bits per heavy atom. The topological polar surface area (TPSA) is 45.4 Å². The maximum Gasteiger partial charge on any atom is 0.119 e. The molecule has 0 amide bonds. The van der Waals surface area contributed by atoms with E-state index in [0.29, 0.717) is 12.3 Å². The molecule has 0 aliphatic heterocycles. The summed E-state index contributed by atoms with van der Waals surface area (Å²) in [5.74, 6) is 0.819. The lowest BCUT2D eigenvalue weighted by molar-refractivity contribution is 0.340. The summed E-state index contributed by atoms with van der Waals surface area (Å²) in [6.07, 6.45) is 0. The average Bonchev–Trinajstić information content (AvgIpc) is 2.07. The summed E-state index contributed by atoms with van der Waals surface area (Å²) in [5, 5.41) is 3.27. The molecule has 0 heterocycles. The molecule has 0 saturated carbocycles. The fourth-order valence-electron chi connectivity index (χ4n) is 0.784. The Morgan fingerprint density at radius 3 is 2.45 bits per heavy atom. The monoisotopic (exact) mass is 150 g/mol. The molecule has 0 radical (unpaired) electrons. The van der Waals surface area contributed by atoms with Crippen LogP contribution < -0.4 is 4.74 Å². The van der Waals surface area contributed by atoms with Crippen LogP contribution in [0.15, 0.2) is 29.4 Å². The van der Waals surface area contributed by atoms with Crippen molar-refractivity contribution in [3.05, 3.63) is 24.3 Å². The first kappa shape index (κ1) is 7.72. The number of ether oxygens (including phenoxy) is 1. The molecule has 0 atom stereocenters. The fourth-order valence-corrected chi connectivity index (χ4v) is 0.784. The average molecular weight is 150 g/mol. The third-order valence-corrected chi connectivity index (χ3v) is 1.28. The molecule has 0 fully saturated rings. The van der Waals surface area contributed by atoms with Crippen molar-refractivity contribution in [3.8, 4) is 5.75 Å². The van der Waals surface area contributed by atoms with Gasteiger partial charge in [0.1, 0.15) is 5.75 Å². The van der Waals surface area contributed by atoms with Gasteiger partial charge in [0, 0.05) is 0 Å². The van der Waals surface area contributed by atoms with Crippen molar-refractivity contribution < 1.29 is 4.74 Å². The molecular weight excluding hydrogens is 140 g/mol. The van der Waals surface area contributed by atoms with Gasteiger partial charge < -0.3 is 4.74 Å². The van der Waals surface area contributed by atoms with E-state index in [1.807, 2.05) is 6.92 Å². The molecule has 3 nitrogen and oxygen atoms in total. The second-order valence-electron chi connectivity index (χ2n) is 2.04. The van der Waals surface area contributed by atoms with Crippen LogP contribution in [0.2, 0.25) is 0 Å². The molecule has 1 aromatic carbocycles. The number of rotatable bonds is 3. The van der Waals surface area contributed by atoms with E-state index in [9.17, 15) is 0 Å². The molecule has 0 saturated heterocycles. The van der Waals surface area contributed by atoms with Crippen LogP contribution in [0.1, 0.15) is 6.92 Å². The number of hydrogen-bond acceptors (Lipinski definition) is 3. The summed E-state index contributed by atoms with van der Waals surface area (Å²) in [6.45, 7) is 2.60. The zero-order valence-corrected chi connectivity index (χ0v) is 6.37. The molecule has 3 heteroatoms. The van der Waals surface area contributed by atoms with Gasteiger partial charge in [0.25, 0.3) is 0 Å². The zero-order valence-electron chi connectivity index (χ0n) is 6.37. The Bertz CT molecular complexity index is 230. The molecule has 0 unspecified atom stereocenters. The minimum Gasteiger partial charge on any atom is -0.494 e. The second-order valence-corrected chi connectivity index (χ2v) is 2.04. The van der Waals surface area contributed by atoms with E-state index >= 15 is 0 Å². The Balaban J connectivity index is 2.74. The number of nitrogens with one attached hydrogen (secondary N) is 1. The van der Waals surface area contributed by atoms with Gasteiger partial charge in [-0.15, -0.1) is 0 Å². The molecule has 1 aromatic rings. The minimum atomic E-state index is 0.647. The smallest absolute Gasteiger partial charge is 0.119 e. The van der Waals surface area contributed by atoms with E-state index in [2.05, 4.69) is 5.11 Å². The molecular formula is C8H10N2O. The van der Waals surface area contributed by atoms with E-state index in [0.717, 1.165) is 5.75 Å². The maximum atomic E-state index is 6.70. The lowest BCUT2D eigenvalue weighted by Crippen LogP contribution is -1.89. The first-order valence-electron chi connectivity index (χ1n) is 3.47. The summed E-state index contributed by atoms with van der Waals surface area (Å²) in [4.78, 5) is 0. The highest BCUT2D eigenvalue weighted by Crippen LogP contribution is 2.17. The van der Waals surface area contributed by atoms with Crippen LogP contribution in [0.25, 0.3) is 0 Å². The van der Waals surface area contributed by atoms with Crippen molar-refractivity contribution in [2.24, 2.45) is 5.11 Å². The normalized spacial score (nSPS) is 9.18. The summed E-state index contributed by atoms with van der Waals surface area (Å²) in [5.41, 5.74) is 7.35. The highest BCUT2D eigenvalue weighted by molar-refractivity contribution is 5.40. The van der Waals surface area contributed by atoms with Crippen molar-refractivity contribution in [1.29, 1.82) is 5.53 Å². The highest BCUT2D eigenvalue weighted by atomic mass is 16.5. The van der Waals surface area contributed by atoms with Crippen LogP contribution >= 0.6 is 0 Å². The Kier molecular flexibility index (Phi) is 2.60. The van der Waals surface area contributed by atoms with E-state index in [4.69, 9.17) is 10.3 Å². The summed E-state index contributed by atoms with van der Waals surface area (Å²) >= 11 is 0. The van der Waals surface area contributed by atoms with Crippen LogP contribution in [0.3, 0.4) is 0 Å². The van der Waals surface area contributed by atoms with Crippen molar-refractivity contribution in [3.63, 3.8) is 0 Å². The summed E-state index contributed by atoms with van der Waals surface area (Å²) < 4.78 is 5.20. The number of nitrogens with zero attached hydrogens (tertiary/aromatic N) is 1. The minimum absolute atomic E-state index is 0.647. The van der Waals surface area contributed by atoms with Crippen molar-refractivity contribution in [1.82, 2.24) is 0 Å². The van der Waals surface area contributed by atoms with Crippen LogP contribution in [-0.2, 0) is 0 Å². The molecule has 0 aromatic heterocycles. The van der Waals surface area contributed by atoms with Gasteiger partial charge in [0.05, 0.1) is 12.3 Å². The third-order valence-electron chi connectivity index (χ3n) is 1.28. The molecule has 0 spiro atoms. The molecule has 0 bridgehead atoms. The zero-order chi connectivity index (χ0) is 8.10. The van der Waals surface area contributed by atoms with Gasteiger partial charge >= 0.3 is 0 Å². The summed E-state index contributed by atoms with van der Waals surface area (Å²) in [6, 6.07) is 7.10. The van der Waals surface area contributed by atoms with Crippen LogP contribution in [-0.4, -0.2) is 6.61 Å². The first-order valence-corrected chi connectivity index (χ1v) is 3.47. The molecule has 1 rings (SSSR count). The van der Waals surface area contributed by atoms with Gasteiger partial charge in [-0.05, 0) is 31.2 Å². The third kappa shape index (κ3) is 2.04. The largest absolute Gasteiger partial charge is 0.494 e. The molecule has 58 valence electrons. The van der Waals surface area contributed by atoms with Gasteiger partial charge in [0.2, 0.25) is 0 Å². The standard InChI is InChI=1S/C8H10N2O/c1-2-11-8-5-3-7(10-9)4-6-8/h3-6,9H,2H2,1H3. The molecule has 11 heavy (non-hydrogen) atoms. The second kappa shape index (κ2) is 3.71. The van der Waals surface area contributed by atoms with E-state index in [1.165, 1.54) is 0 Å². The predicted molar refractivity (Wildman–Crippen MR) is 42.4 cm³/mol. The van der Waals surface area contributed by atoms with Crippen molar-refractivity contribution in [2.45, 2.75) is 6.92 Å². The highest BCUT2D eigenvalue weighted by Gasteiger charge is 1.90. The van der Waals surface area contributed by atoms with Crippen LogP contribution in [0.4, 0.5) is 5.69 Å². The SMILES string of the molecule is CCOc1ccc(N=N)cc1. The number of hydrogen-bond donors (Lipinski definition) is 1. The lowest BCUT2D eigenvalue weighted by atomic mass is 10.3. The van der Waals surface area contributed by atoms with Gasteiger partial charge in [-0.1, -0.05) is 0 Å². The van der Waals surface area contributed by atoms with Crippen molar-refractivity contribution in [2.75, 3.05) is 6.61 Å². The van der Waals surface area contributed by atoms with Crippen molar-refractivity contribution >= 4 is 5.69 Å². The molecule has 0 aliphatic rings. The van der Waals surface area contributed by atoms with Crippen LogP contribution in [0.5, 0.6) is 5.75 Å². The van der Waals surface area contributed by atoms with E-state index in [-0.39, 0.29) is 0 Å². The predicted octanol–water partition coefficient (Wildman–Crippen LogP) is 2.75. The maximum absolute atomic E-state index is 6.70. The Hall–Kier alpha value is -1.38. The van der Waals surface area contributed by atoms with Crippen LogP contribution in [0, 0.1) is 5.53 Å². The van der Waals surface area contributed by atoms with Gasteiger partial charge in [-0.3, -0.25) is 0 Å². The summed E-state index contributed by atoms with van der Waals surface area (Å²) in [7, 11) is 0. The van der Waals surface area contributed by atoms with Gasteiger partial charge in [0.15, 0.2) is 0 Å². The fraction of sp³-hybridized carbons (Fsp3) is 0.250. The van der Waals surface area contributed by atoms with Gasteiger partial charge in [-0.2, -0.15) is 5.11 Å². The van der Waals surface area contributed by atoms with Gasteiger partial charge in [-0.25, -0.2) is 5.53 Å². The number of benzene rings is 1. The van der Waals surface area contributed by atoms with E-state index < -0.39 is 0 Å². The Morgan fingerprint density at radius 1 is 1.36 bits per heavy atom. The lowest BCUT2D eigenvalue weighted by Gasteiger charge is -2.00. The molecule has 1 N–H and O–H groups in total.